The molecule has 150 valence electrons. The average molecular weight is 387 g/mol. The number of anilines is 1. The number of rotatable bonds is 5. The van der Waals surface area contributed by atoms with Crippen LogP contribution in [0.4, 0.5) is 14.5 Å². The van der Waals surface area contributed by atoms with Gasteiger partial charge in [0, 0.05) is 45.7 Å². The topological polar surface area (TPSA) is 35.6 Å². The van der Waals surface area contributed by atoms with E-state index in [1.807, 2.05) is 18.7 Å². The summed E-state index contributed by atoms with van der Waals surface area (Å²) in [5, 5.41) is 2.96. The van der Waals surface area contributed by atoms with E-state index in [4.69, 9.17) is 0 Å². The van der Waals surface area contributed by atoms with Crippen molar-refractivity contribution in [2.24, 2.45) is 0 Å². The molecule has 4 nitrogen and oxygen atoms in total. The molecule has 2 aromatic rings. The van der Waals surface area contributed by atoms with Gasteiger partial charge in [-0.1, -0.05) is 24.3 Å². The molecule has 0 aliphatic carbocycles. The Bertz CT molecular complexity index is 828. The molecule has 2 aromatic carbocycles. The van der Waals surface area contributed by atoms with Crippen LogP contribution in [-0.4, -0.2) is 37.0 Å². The lowest BCUT2D eigenvalue weighted by molar-refractivity contribution is -0.120. The van der Waals surface area contributed by atoms with Crippen molar-refractivity contribution in [3.8, 4) is 0 Å². The first-order valence-electron chi connectivity index (χ1n) is 9.55. The third kappa shape index (κ3) is 4.87. The van der Waals surface area contributed by atoms with E-state index in [1.54, 1.807) is 0 Å². The Balaban J connectivity index is 1.57. The van der Waals surface area contributed by atoms with Crippen molar-refractivity contribution >= 4 is 11.6 Å². The van der Waals surface area contributed by atoms with E-state index in [0.717, 1.165) is 31.3 Å². The fourth-order valence-corrected chi connectivity index (χ4v) is 3.68. The number of amides is 1. The normalized spacial score (nSPS) is 15.5. The van der Waals surface area contributed by atoms with Crippen molar-refractivity contribution < 1.29 is 13.6 Å². The summed E-state index contributed by atoms with van der Waals surface area (Å²) in [6.07, 6.45) is 0. The molecule has 0 radical (unpaired) electrons. The van der Waals surface area contributed by atoms with Gasteiger partial charge in [-0.25, -0.2) is 8.78 Å². The summed E-state index contributed by atoms with van der Waals surface area (Å²) in [4.78, 5) is 15.7. The fraction of sp³-hybridized carbons (Fsp3) is 0.409. The smallest absolute Gasteiger partial charge is 0.217 e. The molecule has 0 saturated carbocycles. The molecule has 1 N–H and O–H groups in total. The van der Waals surface area contributed by atoms with Gasteiger partial charge < -0.3 is 10.2 Å². The Hall–Kier alpha value is -2.47. The predicted octanol–water partition coefficient (Wildman–Crippen LogP) is 3.66. The van der Waals surface area contributed by atoms with Gasteiger partial charge in [0.15, 0.2) is 0 Å². The molecule has 6 heteroatoms. The zero-order valence-electron chi connectivity index (χ0n) is 16.6. The quantitative estimate of drug-likeness (QED) is 0.851. The van der Waals surface area contributed by atoms with Crippen molar-refractivity contribution in [3.63, 3.8) is 0 Å². The fourth-order valence-electron chi connectivity index (χ4n) is 3.68. The molecule has 1 aliphatic rings. The van der Waals surface area contributed by atoms with Crippen LogP contribution in [0.5, 0.6) is 0 Å². The standard InChI is InChI=1S/C22H27F2N3O/c1-16(28)25-22(2,3)18-6-4-17(5-7-18)15-26-10-12-27(13-11-26)21-9-8-19(23)14-20(21)24/h4-9,14H,10-13,15H2,1-3H3,(H,25,28). The van der Waals surface area contributed by atoms with Crippen molar-refractivity contribution in [2.45, 2.75) is 32.9 Å². The summed E-state index contributed by atoms with van der Waals surface area (Å²) in [7, 11) is 0. The summed E-state index contributed by atoms with van der Waals surface area (Å²) in [5.74, 6) is -1.11. The molecule has 0 spiro atoms. The molecule has 28 heavy (non-hydrogen) atoms. The van der Waals surface area contributed by atoms with E-state index in [-0.39, 0.29) is 5.91 Å². The molecule has 0 atom stereocenters. The lowest BCUT2D eigenvalue weighted by Crippen LogP contribution is -2.46. The summed E-state index contributed by atoms with van der Waals surface area (Å²) in [5.41, 5.74) is 2.31. The van der Waals surface area contributed by atoms with Gasteiger partial charge in [0.05, 0.1) is 11.2 Å². The molecule has 3 rings (SSSR count). The highest BCUT2D eigenvalue weighted by molar-refractivity contribution is 5.74. The number of nitrogens with one attached hydrogen (secondary N) is 1. The van der Waals surface area contributed by atoms with Crippen LogP contribution in [0.3, 0.4) is 0 Å². The van der Waals surface area contributed by atoms with E-state index in [9.17, 15) is 13.6 Å². The minimum atomic E-state index is -0.551. The summed E-state index contributed by atoms with van der Waals surface area (Å²) in [6.45, 7) is 9.35. The zero-order valence-corrected chi connectivity index (χ0v) is 16.6. The van der Waals surface area contributed by atoms with Crippen LogP contribution in [-0.2, 0) is 16.9 Å². The number of carbonyl (C=O) groups excluding carboxylic acids is 1. The van der Waals surface area contributed by atoms with Crippen LogP contribution < -0.4 is 10.2 Å². The maximum Gasteiger partial charge on any atom is 0.217 e. The second kappa shape index (κ2) is 8.27. The lowest BCUT2D eigenvalue weighted by atomic mass is 9.93. The van der Waals surface area contributed by atoms with Gasteiger partial charge in [0.1, 0.15) is 11.6 Å². The second-order valence-corrected chi connectivity index (χ2v) is 7.86. The first-order chi connectivity index (χ1) is 13.2. The molecule has 1 heterocycles. The second-order valence-electron chi connectivity index (χ2n) is 7.86. The minimum Gasteiger partial charge on any atom is -0.367 e. The molecule has 1 aliphatic heterocycles. The lowest BCUT2D eigenvalue weighted by Gasteiger charge is -2.36. The highest BCUT2D eigenvalue weighted by Gasteiger charge is 2.22. The number of carbonyl (C=O) groups is 1. The van der Waals surface area contributed by atoms with Gasteiger partial charge in [-0.3, -0.25) is 9.69 Å². The Kier molecular flexibility index (Phi) is 5.98. The van der Waals surface area contributed by atoms with Gasteiger partial charge in [0.25, 0.3) is 0 Å². The van der Waals surface area contributed by atoms with Crippen molar-refractivity contribution in [2.75, 3.05) is 31.1 Å². The van der Waals surface area contributed by atoms with Crippen LogP contribution in [0.15, 0.2) is 42.5 Å². The SMILES string of the molecule is CC(=O)NC(C)(C)c1ccc(CN2CCN(c3ccc(F)cc3F)CC2)cc1. The Morgan fingerprint density at radius 1 is 1.04 bits per heavy atom. The van der Waals surface area contributed by atoms with E-state index in [0.29, 0.717) is 18.8 Å². The Morgan fingerprint density at radius 2 is 1.68 bits per heavy atom. The van der Waals surface area contributed by atoms with Crippen LogP contribution in [0.25, 0.3) is 0 Å². The van der Waals surface area contributed by atoms with E-state index in [1.165, 1.54) is 24.6 Å². The molecule has 0 aromatic heterocycles. The van der Waals surface area contributed by atoms with Crippen LogP contribution in [0.1, 0.15) is 31.9 Å². The Morgan fingerprint density at radius 3 is 2.25 bits per heavy atom. The van der Waals surface area contributed by atoms with Crippen molar-refractivity contribution in [1.29, 1.82) is 0 Å². The van der Waals surface area contributed by atoms with Gasteiger partial charge in [0.2, 0.25) is 5.91 Å². The van der Waals surface area contributed by atoms with Gasteiger partial charge in [-0.15, -0.1) is 0 Å². The number of piperazine rings is 1. The average Bonchev–Trinajstić information content (AvgIpc) is 2.62. The molecule has 0 unspecified atom stereocenters. The molecule has 1 fully saturated rings. The molecule has 1 amide bonds. The molecular weight excluding hydrogens is 360 g/mol. The number of halogens is 2. The Labute approximate surface area is 165 Å². The summed E-state index contributed by atoms with van der Waals surface area (Å²) < 4.78 is 27.1. The third-order valence-electron chi connectivity index (χ3n) is 5.19. The maximum atomic E-state index is 14.0. The monoisotopic (exact) mass is 387 g/mol. The van der Waals surface area contributed by atoms with E-state index >= 15 is 0 Å². The summed E-state index contributed by atoms with van der Waals surface area (Å²) >= 11 is 0. The molecular formula is C22H27F2N3O. The van der Waals surface area contributed by atoms with Gasteiger partial charge in [-0.05, 0) is 37.1 Å². The van der Waals surface area contributed by atoms with Crippen molar-refractivity contribution in [3.05, 3.63) is 65.2 Å². The predicted molar refractivity (Wildman–Crippen MR) is 107 cm³/mol. The zero-order chi connectivity index (χ0) is 20.3. The number of nitrogens with zero attached hydrogens (tertiary/aromatic N) is 2. The molecule has 0 bridgehead atoms. The maximum absolute atomic E-state index is 14.0. The van der Waals surface area contributed by atoms with Crippen LogP contribution in [0.2, 0.25) is 0 Å². The third-order valence-corrected chi connectivity index (χ3v) is 5.19. The van der Waals surface area contributed by atoms with Crippen molar-refractivity contribution in [1.82, 2.24) is 10.2 Å². The van der Waals surface area contributed by atoms with Gasteiger partial charge in [-0.2, -0.15) is 0 Å². The first-order valence-corrected chi connectivity index (χ1v) is 9.55. The highest BCUT2D eigenvalue weighted by atomic mass is 19.1. The first kappa shape index (κ1) is 20.3. The summed E-state index contributed by atoms with van der Waals surface area (Å²) in [6, 6.07) is 12.0. The largest absolute Gasteiger partial charge is 0.367 e. The minimum absolute atomic E-state index is 0.0514. The van der Waals surface area contributed by atoms with E-state index in [2.05, 4.69) is 34.5 Å². The van der Waals surface area contributed by atoms with Gasteiger partial charge >= 0.3 is 0 Å². The van der Waals surface area contributed by atoms with E-state index < -0.39 is 17.2 Å². The van der Waals surface area contributed by atoms with Crippen LogP contribution >= 0.6 is 0 Å². The number of hydrogen-bond acceptors (Lipinski definition) is 3. The highest BCUT2D eigenvalue weighted by Crippen LogP contribution is 2.23. The number of benzene rings is 2. The molecule has 1 saturated heterocycles. The van der Waals surface area contributed by atoms with Crippen LogP contribution in [0, 0.1) is 11.6 Å². The number of hydrogen-bond donors (Lipinski definition) is 1.